The van der Waals surface area contributed by atoms with Gasteiger partial charge in [-0.05, 0) is 87.5 Å². The third-order valence-corrected chi connectivity index (χ3v) is 8.33. The number of carboxylic acid groups (broad SMARTS) is 1. The molecule has 1 atom stereocenters. The first-order valence-electron chi connectivity index (χ1n) is 14.0. The van der Waals surface area contributed by atoms with E-state index in [-0.39, 0.29) is 30.6 Å². The molecule has 0 radical (unpaired) electrons. The minimum atomic E-state index is -1.26. The van der Waals surface area contributed by atoms with Gasteiger partial charge in [0.05, 0.1) is 31.2 Å². The number of benzene rings is 1. The van der Waals surface area contributed by atoms with Crippen molar-refractivity contribution in [2.75, 3.05) is 26.9 Å². The fourth-order valence-electron chi connectivity index (χ4n) is 6.24. The van der Waals surface area contributed by atoms with E-state index in [4.69, 9.17) is 24.1 Å². The van der Waals surface area contributed by atoms with E-state index >= 15 is 0 Å². The molecule has 0 bridgehead atoms. The summed E-state index contributed by atoms with van der Waals surface area (Å²) in [5, 5.41) is 12.1. The maximum atomic E-state index is 13.7. The molecule has 3 aliphatic rings. The quantitative estimate of drug-likeness (QED) is 0.231. The zero-order chi connectivity index (χ0) is 27.0. The molecule has 38 heavy (non-hydrogen) atoms. The molecule has 2 fully saturated rings. The Kier molecular flexibility index (Phi) is 10.0. The van der Waals surface area contributed by atoms with E-state index in [1.165, 1.54) is 11.1 Å². The van der Waals surface area contributed by atoms with E-state index in [9.17, 15) is 14.4 Å². The lowest BCUT2D eigenvalue weighted by Gasteiger charge is -2.35. The molecule has 0 aromatic heterocycles. The number of fused-ring (bicyclic) bond motifs is 1. The van der Waals surface area contributed by atoms with Crippen LogP contribution in [0.3, 0.4) is 0 Å². The first-order valence-corrected chi connectivity index (χ1v) is 14.0. The fraction of sp³-hybridized carbons (Fsp3) is 0.690. The van der Waals surface area contributed by atoms with Gasteiger partial charge >= 0.3 is 12.1 Å². The summed E-state index contributed by atoms with van der Waals surface area (Å²) in [4.78, 5) is 37.9. The molecule has 9 nitrogen and oxygen atoms in total. The van der Waals surface area contributed by atoms with E-state index in [2.05, 4.69) is 5.32 Å². The zero-order valence-electron chi connectivity index (χ0n) is 22.4. The number of esters is 1. The lowest BCUT2D eigenvalue weighted by atomic mass is 9.76. The van der Waals surface area contributed by atoms with Crippen molar-refractivity contribution in [3.63, 3.8) is 0 Å². The molecule has 1 unspecified atom stereocenters. The van der Waals surface area contributed by atoms with E-state index in [1.54, 1.807) is 7.11 Å². The van der Waals surface area contributed by atoms with Crippen molar-refractivity contribution in [1.82, 2.24) is 5.32 Å². The number of amides is 1. The highest BCUT2D eigenvalue weighted by Crippen LogP contribution is 2.44. The Morgan fingerprint density at radius 3 is 2.47 bits per heavy atom. The standard InChI is InChI=1S/C29H41NO8/c1-35-15-16-36-19-22(26(31)37-25-10-7-20-5-4-6-21(20)17-25)18-29(13-2-3-14-29)27(32)30-23-8-11-24(12-9-23)38-28(33)34/h7,10,17,22-24H,2-6,8-9,11-16,18-19H2,1H3,(H,30,32)(H,33,34)/t22?,23-,24+. The number of aryl methyl sites for hydroxylation is 2. The average molecular weight is 532 g/mol. The van der Waals surface area contributed by atoms with E-state index in [1.807, 2.05) is 18.2 Å². The number of rotatable bonds is 12. The Hall–Kier alpha value is -2.65. The molecule has 9 heteroatoms. The van der Waals surface area contributed by atoms with Crippen LogP contribution < -0.4 is 10.1 Å². The van der Waals surface area contributed by atoms with E-state index in [0.717, 1.165) is 44.9 Å². The van der Waals surface area contributed by atoms with Crippen molar-refractivity contribution in [3.8, 4) is 5.75 Å². The summed E-state index contributed by atoms with van der Waals surface area (Å²) in [6.07, 6.45) is 7.80. The Morgan fingerprint density at radius 1 is 1.03 bits per heavy atom. The number of nitrogens with one attached hydrogen (secondary N) is 1. The van der Waals surface area contributed by atoms with Crippen molar-refractivity contribution < 1.29 is 38.4 Å². The van der Waals surface area contributed by atoms with Gasteiger partial charge in [-0.3, -0.25) is 9.59 Å². The van der Waals surface area contributed by atoms with Gasteiger partial charge in [-0.25, -0.2) is 4.79 Å². The van der Waals surface area contributed by atoms with Gasteiger partial charge in [0, 0.05) is 13.2 Å². The summed E-state index contributed by atoms with van der Waals surface area (Å²) >= 11 is 0. The maximum Gasteiger partial charge on any atom is 0.506 e. The minimum absolute atomic E-state index is 0.0233. The number of carbonyl (C=O) groups is 3. The molecule has 210 valence electrons. The fourth-order valence-corrected chi connectivity index (χ4v) is 6.24. The maximum absolute atomic E-state index is 13.7. The van der Waals surface area contributed by atoms with Crippen LogP contribution in [0.15, 0.2) is 18.2 Å². The first kappa shape index (κ1) is 28.4. The Bertz CT molecular complexity index is 965. The predicted octanol–water partition coefficient (Wildman–Crippen LogP) is 4.43. The largest absolute Gasteiger partial charge is 0.506 e. The summed E-state index contributed by atoms with van der Waals surface area (Å²) < 4.78 is 21.6. The van der Waals surface area contributed by atoms with Crippen LogP contribution in [-0.4, -0.2) is 62.2 Å². The van der Waals surface area contributed by atoms with Crippen LogP contribution in [0.5, 0.6) is 5.75 Å². The molecule has 2 N–H and O–H groups in total. The van der Waals surface area contributed by atoms with E-state index < -0.39 is 17.5 Å². The molecular formula is C29H41NO8. The van der Waals surface area contributed by atoms with Crippen LogP contribution in [0.2, 0.25) is 0 Å². The van der Waals surface area contributed by atoms with Crippen molar-refractivity contribution in [2.45, 2.75) is 89.2 Å². The van der Waals surface area contributed by atoms with Crippen LogP contribution in [0, 0.1) is 11.3 Å². The molecule has 0 heterocycles. The van der Waals surface area contributed by atoms with Crippen molar-refractivity contribution >= 4 is 18.0 Å². The monoisotopic (exact) mass is 531 g/mol. The van der Waals surface area contributed by atoms with Crippen LogP contribution >= 0.6 is 0 Å². The van der Waals surface area contributed by atoms with Gasteiger partial charge in [-0.15, -0.1) is 0 Å². The third kappa shape index (κ3) is 7.47. The summed E-state index contributed by atoms with van der Waals surface area (Å²) in [5.41, 5.74) is 1.90. The molecule has 2 saturated carbocycles. The molecular weight excluding hydrogens is 490 g/mol. The lowest BCUT2D eigenvalue weighted by Crippen LogP contribution is -2.48. The van der Waals surface area contributed by atoms with Crippen molar-refractivity contribution in [3.05, 3.63) is 29.3 Å². The van der Waals surface area contributed by atoms with Crippen LogP contribution in [0.25, 0.3) is 0 Å². The summed E-state index contributed by atoms with van der Waals surface area (Å²) in [6.45, 7) is 0.951. The lowest BCUT2D eigenvalue weighted by molar-refractivity contribution is -0.144. The van der Waals surface area contributed by atoms with Crippen LogP contribution in [-0.2, 0) is 36.6 Å². The topological polar surface area (TPSA) is 120 Å². The van der Waals surface area contributed by atoms with Gasteiger partial charge in [0.15, 0.2) is 0 Å². The molecule has 0 aliphatic heterocycles. The molecule has 4 rings (SSSR count). The van der Waals surface area contributed by atoms with Gasteiger partial charge in [0.1, 0.15) is 11.9 Å². The third-order valence-electron chi connectivity index (χ3n) is 8.33. The summed E-state index contributed by atoms with van der Waals surface area (Å²) in [7, 11) is 1.60. The second-order valence-corrected chi connectivity index (χ2v) is 11.0. The zero-order valence-corrected chi connectivity index (χ0v) is 22.4. The number of ether oxygens (including phenoxy) is 4. The van der Waals surface area contributed by atoms with Gasteiger partial charge in [0.2, 0.25) is 5.91 Å². The second-order valence-electron chi connectivity index (χ2n) is 11.0. The minimum Gasteiger partial charge on any atom is -0.450 e. The van der Waals surface area contributed by atoms with Gasteiger partial charge in [0.25, 0.3) is 0 Å². The molecule has 0 saturated heterocycles. The smallest absolute Gasteiger partial charge is 0.450 e. The Morgan fingerprint density at radius 2 is 1.76 bits per heavy atom. The number of carbonyl (C=O) groups excluding carboxylic acids is 2. The molecule has 1 amide bonds. The highest BCUT2D eigenvalue weighted by Gasteiger charge is 2.45. The highest BCUT2D eigenvalue weighted by atomic mass is 16.7. The van der Waals surface area contributed by atoms with Crippen LogP contribution in [0.1, 0.15) is 75.3 Å². The molecule has 1 aromatic carbocycles. The first-order chi connectivity index (χ1) is 18.4. The Balaban J connectivity index is 1.41. The van der Waals surface area contributed by atoms with Crippen molar-refractivity contribution in [2.24, 2.45) is 11.3 Å². The predicted molar refractivity (Wildman–Crippen MR) is 139 cm³/mol. The highest BCUT2D eigenvalue weighted by molar-refractivity contribution is 5.84. The number of methoxy groups -OCH3 is 1. The summed E-state index contributed by atoms with van der Waals surface area (Å²) in [5.74, 6) is -0.429. The van der Waals surface area contributed by atoms with Crippen molar-refractivity contribution in [1.29, 1.82) is 0 Å². The van der Waals surface area contributed by atoms with Gasteiger partial charge in [-0.1, -0.05) is 18.9 Å². The van der Waals surface area contributed by atoms with Crippen LogP contribution in [0.4, 0.5) is 4.79 Å². The normalized spacial score (nSPS) is 22.9. The SMILES string of the molecule is COCCOCC(CC1(C(=O)N[C@H]2CC[C@@H](OC(=O)O)CC2)CCCC1)C(=O)Oc1ccc2c(c1)CCC2. The second kappa shape index (κ2) is 13.4. The number of hydrogen-bond acceptors (Lipinski definition) is 7. The van der Waals surface area contributed by atoms with Gasteiger partial charge in [-0.2, -0.15) is 0 Å². The van der Waals surface area contributed by atoms with E-state index in [0.29, 0.717) is 51.1 Å². The average Bonchev–Trinajstić information content (AvgIpc) is 3.57. The molecule has 3 aliphatic carbocycles. The molecule has 0 spiro atoms. The summed E-state index contributed by atoms with van der Waals surface area (Å²) in [6, 6.07) is 5.83. The van der Waals surface area contributed by atoms with Gasteiger partial charge < -0.3 is 29.4 Å². The Labute approximate surface area is 224 Å². The number of hydrogen-bond donors (Lipinski definition) is 2. The molecule has 1 aromatic rings.